The fourth-order valence-electron chi connectivity index (χ4n) is 3.04. The van der Waals surface area contributed by atoms with E-state index in [2.05, 4.69) is 5.32 Å². The van der Waals surface area contributed by atoms with Crippen molar-refractivity contribution in [1.29, 1.82) is 0 Å². The zero-order valence-corrected chi connectivity index (χ0v) is 14.7. The number of amides is 2. The topological polar surface area (TPSA) is 69.6 Å². The Bertz CT molecular complexity index is 650. The highest BCUT2D eigenvalue weighted by atomic mass is 19.1. The van der Waals surface area contributed by atoms with Crippen LogP contribution in [0, 0.1) is 23.0 Å². The summed E-state index contributed by atoms with van der Waals surface area (Å²) in [5.41, 5.74) is -0.268. The van der Waals surface area contributed by atoms with Crippen molar-refractivity contribution in [3.63, 3.8) is 0 Å². The van der Waals surface area contributed by atoms with Crippen LogP contribution in [0.5, 0.6) is 0 Å². The molecule has 1 saturated heterocycles. The molecule has 1 fully saturated rings. The monoisotopic (exact) mass is 354 g/mol. The lowest BCUT2D eigenvalue weighted by molar-refractivity contribution is -0.143. The molecule has 0 bridgehead atoms. The van der Waals surface area contributed by atoms with Gasteiger partial charge in [-0.2, -0.15) is 0 Å². The SMILES string of the molecule is CC(C)(C)C(NC(=O)N1CCC(C(=O)O)CC1)c1ccc(F)cc1F. The van der Waals surface area contributed by atoms with Crippen molar-refractivity contribution in [2.24, 2.45) is 11.3 Å². The maximum absolute atomic E-state index is 14.2. The maximum Gasteiger partial charge on any atom is 0.317 e. The van der Waals surface area contributed by atoms with Crippen molar-refractivity contribution < 1.29 is 23.5 Å². The highest BCUT2D eigenvalue weighted by molar-refractivity contribution is 5.76. The van der Waals surface area contributed by atoms with Crippen molar-refractivity contribution in [2.75, 3.05) is 13.1 Å². The molecule has 0 aliphatic carbocycles. The number of hydrogen-bond donors (Lipinski definition) is 2. The van der Waals surface area contributed by atoms with Crippen LogP contribution in [0.25, 0.3) is 0 Å². The second-order valence-electron chi connectivity index (χ2n) is 7.51. The number of carbonyl (C=O) groups excluding carboxylic acids is 1. The van der Waals surface area contributed by atoms with Gasteiger partial charge in [0.05, 0.1) is 12.0 Å². The van der Waals surface area contributed by atoms with Crippen LogP contribution in [0.1, 0.15) is 45.2 Å². The zero-order valence-electron chi connectivity index (χ0n) is 14.7. The van der Waals surface area contributed by atoms with E-state index in [0.29, 0.717) is 25.9 Å². The molecular weight excluding hydrogens is 330 g/mol. The van der Waals surface area contributed by atoms with Crippen molar-refractivity contribution in [3.8, 4) is 0 Å². The first-order valence-corrected chi connectivity index (χ1v) is 8.33. The van der Waals surface area contributed by atoms with E-state index in [-0.39, 0.29) is 11.6 Å². The molecule has 1 aliphatic rings. The van der Waals surface area contributed by atoms with Gasteiger partial charge in [-0.1, -0.05) is 26.8 Å². The number of carboxylic acids is 1. The van der Waals surface area contributed by atoms with Crippen LogP contribution in [0.3, 0.4) is 0 Å². The van der Waals surface area contributed by atoms with Gasteiger partial charge in [0, 0.05) is 24.7 Å². The molecule has 5 nitrogen and oxygen atoms in total. The number of nitrogens with one attached hydrogen (secondary N) is 1. The van der Waals surface area contributed by atoms with Crippen LogP contribution in [-0.4, -0.2) is 35.1 Å². The average molecular weight is 354 g/mol. The Kier molecular flexibility index (Phi) is 5.65. The summed E-state index contributed by atoms with van der Waals surface area (Å²) in [5, 5.41) is 11.8. The van der Waals surface area contributed by atoms with Crippen LogP contribution in [0.2, 0.25) is 0 Å². The second kappa shape index (κ2) is 7.37. The lowest BCUT2D eigenvalue weighted by atomic mass is 9.82. The number of aliphatic carboxylic acids is 1. The van der Waals surface area contributed by atoms with E-state index in [1.54, 1.807) is 4.90 Å². The first-order chi connectivity index (χ1) is 11.6. The van der Waals surface area contributed by atoms with Gasteiger partial charge in [0.25, 0.3) is 0 Å². The van der Waals surface area contributed by atoms with Gasteiger partial charge in [-0.3, -0.25) is 4.79 Å². The molecule has 2 rings (SSSR count). The Morgan fingerprint density at radius 2 is 1.84 bits per heavy atom. The Balaban J connectivity index is 2.13. The highest BCUT2D eigenvalue weighted by Crippen LogP contribution is 2.34. The third kappa shape index (κ3) is 4.67. The predicted octanol–water partition coefficient (Wildman–Crippen LogP) is 3.56. The van der Waals surface area contributed by atoms with E-state index in [1.165, 1.54) is 12.1 Å². The molecule has 1 aromatic rings. The largest absolute Gasteiger partial charge is 0.481 e. The summed E-state index contributed by atoms with van der Waals surface area (Å²) in [6.45, 7) is 6.25. The number of carbonyl (C=O) groups is 2. The number of rotatable bonds is 3. The third-order valence-electron chi connectivity index (χ3n) is 4.54. The lowest BCUT2D eigenvalue weighted by Gasteiger charge is -2.36. The molecule has 1 atom stereocenters. The van der Waals surface area contributed by atoms with Gasteiger partial charge in [-0.25, -0.2) is 13.6 Å². The van der Waals surface area contributed by atoms with Gasteiger partial charge in [0.2, 0.25) is 0 Å². The minimum absolute atomic E-state index is 0.225. The quantitative estimate of drug-likeness (QED) is 0.872. The Labute approximate surface area is 146 Å². The molecular formula is C18H24F2N2O3. The molecule has 2 amide bonds. The lowest BCUT2D eigenvalue weighted by Crippen LogP contribution is -2.48. The van der Waals surface area contributed by atoms with Gasteiger partial charge < -0.3 is 15.3 Å². The summed E-state index contributed by atoms with van der Waals surface area (Å²) >= 11 is 0. The van der Waals surface area contributed by atoms with Crippen LogP contribution < -0.4 is 5.32 Å². The van der Waals surface area contributed by atoms with E-state index in [9.17, 15) is 18.4 Å². The molecule has 25 heavy (non-hydrogen) atoms. The Morgan fingerprint density at radius 3 is 2.32 bits per heavy atom. The Morgan fingerprint density at radius 1 is 1.24 bits per heavy atom. The van der Waals surface area contributed by atoms with Crippen LogP contribution in [-0.2, 0) is 4.79 Å². The smallest absolute Gasteiger partial charge is 0.317 e. The van der Waals surface area contributed by atoms with E-state index in [1.807, 2.05) is 20.8 Å². The Hall–Kier alpha value is -2.18. The molecule has 0 aromatic heterocycles. The van der Waals surface area contributed by atoms with Crippen LogP contribution in [0.15, 0.2) is 18.2 Å². The van der Waals surface area contributed by atoms with Gasteiger partial charge in [0.15, 0.2) is 0 Å². The van der Waals surface area contributed by atoms with E-state index in [4.69, 9.17) is 5.11 Å². The molecule has 1 aliphatic heterocycles. The number of nitrogens with zero attached hydrogens (tertiary/aromatic N) is 1. The van der Waals surface area contributed by atoms with Crippen LogP contribution in [0.4, 0.5) is 13.6 Å². The molecule has 0 spiro atoms. The third-order valence-corrected chi connectivity index (χ3v) is 4.54. The van der Waals surface area contributed by atoms with Crippen molar-refractivity contribution in [1.82, 2.24) is 10.2 Å². The molecule has 138 valence electrons. The fourth-order valence-corrected chi connectivity index (χ4v) is 3.04. The van der Waals surface area contributed by atoms with Crippen molar-refractivity contribution in [2.45, 2.75) is 39.7 Å². The summed E-state index contributed by atoms with van der Waals surface area (Å²) in [5.74, 6) is -2.65. The van der Waals surface area contributed by atoms with Gasteiger partial charge in [-0.15, -0.1) is 0 Å². The molecule has 1 aromatic carbocycles. The highest BCUT2D eigenvalue weighted by Gasteiger charge is 2.33. The standard InChI is InChI=1S/C18H24F2N2O3/c1-18(2,3)15(13-5-4-12(19)10-14(13)20)21-17(25)22-8-6-11(7-9-22)16(23)24/h4-5,10-11,15H,6-9H2,1-3H3,(H,21,25)(H,23,24). The number of hydrogen-bond acceptors (Lipinski definition) is 2. The summed E-state index contributed by atoms with van der Waals surface area (Å²) in [7, 11) is 0. The minimum Gasteiger partial charge on any atom is -0.481 e. The molecule has 1 heterocycles. The number of halogens is 2. The number of carboxylic acid groups (broad SMARTS) is 1. The molecule has 7 heteroatoms. The van der Waals surface area contributed by atoms with E-state index in [0.717, 1.165) is 6.07 Å². The van der Waals surface area contributed by atoms with Gasteiger partial charge >= 0.3 is 12.0 Å². The first kappa shape index (κ1) is 19.1. The number of likely N-dealkylation sites (tertiary alicyclic amines) is 1. The summed E-state index contributed by atoms with van der Waals surface area (Å²) in [4.78, 5) is 25.1. The van der Waals surface area contributed by atoms with Crippen LogP contribution >= 0.6 is 0 Å². The van der Waals surface area contributed by atoms with Crippen molar-refractivity contribution >= 4 is 12.0 Å². The predicted molar refractivity (Wildman–Crippen MR) is 89.0 cm³/mol. The first-order valence-electron chi connectivity index (χ1n) is 8.33. The summed E-state index contributed by atoms with van der Waals surface area (Å²) in [6.07, 6.45) is 0.793. The molecule has 0 radical (unpaired) electrons. The molecule has 2 N–H and O–H groups in total. The number of piperidine rings is 1. The summed E-state index contributed by atoms with van der Waals surface area (Å²) < 4.78 is 27.4. The fraction of sp³-hybridized carbons (Fsp3) is 0.556. The van der Waals surface area contributed by atoms with Crippen molar-refractivity contribution in [3.05, 3.63) is 35.4 Å². The molecule has 1 unspecified atom stereocenters. The zero-order chi connectivity index (χ0) is 18.8. The number of benzene rings is 1. The normalized spacial score (nSPS) is 17.2. The van der Waals surface area contributed by atoms with Gasteiger partial charge in [0.1, 0.15) is 11.6 Å². The van der Waals surface area contributed by atoms with E-state index >= 15 is 0 Å². The van der Waals surface area contributed by atoms with Gasteiger partial charge in [-0.05, 0) is 24.3 Å². The maximum atomic E-state index is 14.2. The number of urea groups is 1. The summed E-state index contributed by atoms with van der Waals surface area (Å²) in [6, 6.07) is 2.31. The average Bonchev–Trinajstić information content (AvgIpc) is 2.52. The minimum atomic E-state index is -0.846. The second-order valence-corrected chi connectivity index (χ2v) is 7.51. The molecule has 0 saturated carbocycles. The van der Waals surface area contributed by atoms with E-state index < -0.39 is 35.0 Å².